The highest BCUT2D eigenvalue weighted by molar-refractivity contribution is 5.77. The van der Waals surface area contributed by atoms with Gasteiger partial charge < -0.3 is 9.88 Å². The van der Waals surface area contributed by atoms with Crippen LogP contribution in [0.5, 0.6) is 0 Å². The van der Waals surface area contributed by atoms with E-state index in [1.807, 2.05) is 18.2 Å². The predicted octanol–water partition coefficient (Wildman–Crippen LogP) is 2.62. The molecule has 1 fully saturated rings. The van der Waals surface area contributed by atoms with Crippen molar-refractivity contribution >= 4 is 17.1 Å². The summed E-state index contributed by atoms with van der Waals surface area (Å²) in [6, 6.07) is 5.75. The number of H-pyrrole nitrogens is 1. The molecule has 106 valence electrons. The highest BCUT2D eigenvalue weighted by Gasteiger charge is 2.18. The zero-order valence-electron chi connectivity index (χ0n) is 11.2. The molecule has 0 spiro atoms. The summed E-state index contributed by atoms with van der Waals surface area (Å²) in [4.78, 5) is 30.6. The maximum Gasteiger partial charge on any atom is 0.441 e. The largest absolute Gasteiger partial charge is 0.441 e. The highest BCUT2D eigenvalue weighted by atomic mass is 17.2. The number of carbonyl (C=O) groups excluding carboxylic acids is 1. The molecular weight excluding hydrogens is 258 g/mol. The number of nitrogens with one attached hydrogen (secondary N) is 1. The fourth-order valence-corrected chi connectivity index (χ4v) is 2.42. The number of nitrogens with zero attached hydrogens (tertiary/aromatic N) is 2. The van der Waals surface area contributed by atoms with Gasteiger partial charge in [-0.05, 0) is 25.3 Å². The summed E-state index contributed by atoms with van der Waals surface area (Å²) in [5.41, 5.74) is 2.66. The molecule has 0 aliphatic carbocycles. The van der Waals surface area contributed by atoms with Crippen molar-refractivity contribution in [2.45, 2.75) is 25.9 Å². The molecule has 2 aromatic rings. The third-order valence-corrected chi connectivity index (χ3v) is 3.49. The minimum Gasteiger partial charge on any atom is -0.345 e. The van der Waals surface area contributed by atoms with Gasteiger partial charge in [0.15, 0.2) is 0 Å². The summed E-state index contributed by atoms with van der Waals surface area (Å²) >= 11 is 0. The van der Waals surface area contributed by atoms with Crippen molar-refractivity contribution in [3.63, 3.8) is 0 Å². The molecule has 3 rings (SSSR count). The zero-order valence-corrected chi connectivity index (χ0v) is 11.2. The maximum absolute atomic E-state index is 11.8. The third-order valence-electron chi connectivity index (χ3n) is 3.49. The first kappa shape index (κ1) is 12.9. The van der Waals surface area contributed by atoms with Gasteiger partial charge in [0.1, 0.15) is 6.61 Å². The second-order valence-electron chi connectivity index (χ2n) is 4.87. The van der Waals surface area contributed by atoms with Crippen LogP contribution in [0.1, 0.15) is 24.8 Å². The zero-order chi connectivity index (χ0) is 13.8. The van der Waals surface area contributed by atoms with Crippen molar-refractivity contribution in [2.24, 2.45) is 0 Å². The van der Waals surface area contributed by atoms with E-state index in [4.69, 9.17) is 9.78 Å². The first-order valence-corrected chi connectivity index (χ1v) is 6.84. The van der Waals surface area contributed by atoms with Crippen LogP contribution in [0.3, 0.4) is 0 Å². The van der Waals surface area contributed by atoms with Gasteiger partial charge in [0.05, 0.1) is 17.4 Å². The van der Waals surface area contributed by atoms with E-state index < -0.39 is 6.09 Å². The van der Waals surface area contributed by atoms with Crippen LogP contribution in [0, 0.1) is 0 Å². The standard InChI is InChI=1S/C14H17N3O3/c18-14(17-7-2-1-3-8-17)20-19-9-11-5-4-6-12-13(11)16-10-15-12/h4-6,10H,1-3,7-9H2,(H,15,16). The van der Waals surface area contributed by atoms with E-state index in [0.29, 0.717) is 0 Å². The Bertz CT molecular complexity index is 590. The molecule has 6 nitrogen and oxygen atoms in total. The van der Waals surface area contributed by atoms with Gasteiger partial charge in [-0.1, -0.05) is 12.1 Å². The first-order chi connectivity index (χ1) is 9.84. The SMILES string of the molecule is O=C(OOCc1cccc2[nH]cnc12)N1CCCCC1. The molecule has 20 heavy (non-hydrogen) atoms. The molecule has 1 saturated heterocycles. The topological polar surface area (TPSA) is 67.5 Å². The van der Waals surface area contributed by atoms with Crippen LogP contribution in [-0.4, -0.2) is 34.1 Å². The molecule has 0 atom stereocenters. The highest BCUT2D eigenvalue weighted by Crippen LogP contribution is 2.16. The minimum atomic E-state index is -0.404. The van der Waals surface area contributed by atoms with E-state index >= 15 is 0 Å². The second-order valence-corrected chi connectivity index (χ2v) is 4.87. The molecule has 6 heteroatoms. The van der Waals surface area contributed by atoms with E-state index in [9.17, 15) is 4.79 Å². The van der Waals surface area contributed by atoms with Gasteiger partial charge in [0.25, 0.3) is 0 Å². The van der Waals surface area contributed by atoms with E-state index in [1.165, 1.54) is 6.42 Å². The van der Waals surface area contributed by atoms with E-state index in [2.05, 4.69) is 9.97 Å². The number of aromatic nitrogens is 2. The lowest BCUT2D eigenvalue weighted by Gasteiger charge is -2.24. The molecule has 0 radical (unpaired) electrons. The number of imidazole rings is 1. The first-order valence-electron chi connectivity index (χ1n) is 6.84. The van der Waals surface area contributed by atoms with Crippen LogP contribution >= 0.6 is 0 Å². The number of likely N-dealkylation sites (tertiary alicyclic amines) is 1. The van der Waals surface area contributed by atoms with Crippen LogP contribution in [0.15, 0.2) is 24.5 Å². The molecular formula is C14H17N3O3. The minimum absolute atomic E-state index is 0.196. The number of hydrogen-bond donors (Lipinski definition) is 1. The Labute approximate surface area is 116 Å². The van der Waals surface area contributed by atoms with E-state index in [0.717, 1.165) is 42.5 Å². The van der Waals surface area contributed by atoms with Gasteiger partial charge in [-0.15, -0.1) is 0 Å². The second kappa shape index (κ2) is 5.92. The fourth-order valence-electron chi connectivity index (χ4n) is 2.42. The van der Waals surface area contributed by atoms with Gasteiger partial charge in [-0.3, -0.25) is 4.89 Å². The number of carbonyl (C=O) groups is 1. The number of aromatic amines is 1. The lowest BCUT2D eigenvalue weighted by atomic mass is 10.1. The molecule has 1 aliphatic heterocycles. The van der Waals surface area contributed by atoms with Crippen LogP contribution in [-0.2, 0) is 16.4 Å². The lowest BCUT2D eigenvalue weighted by molar-refractivity contribution is -0.255. The van der Waals surface area contributed by atoms with Gasteiger partial charge in [0.2, 0.25) is 0 Å². The Morgan fingerprint density at radius 3 is 3.00 bits per heavy atom. The van der Waals surface area contributed by atoms with Crippen molar-refractivity contribution < 1.29 is 14.6 Å². The van der Waals surface area contributed by atoms with Crippen molar-refractivity contribution in [3.05, 3.63) is 30.1 Å². The van der Waals surface area contributed by atoms with Crippen molar-refractivity contribution in [1.82, 2.24) is 14.9 Å². The smallest absolute Gasteiger partial charge is 0.345 e. The van der Waals surface area contributed by atoms with Gasteiger partial charge >= 0.3 is 6.09 Å². The van der Waals surface area contributed by atoms with E-state index in [1.54, 1.807) is 11.2 Å². The summed E-state index contributed by atoms with van der Waals surface area (Å²) in [5, 5.41) is 0. The summed E-state index contributed by atoms with van der Waals surface area (Å²) < 4.78 is 0. The molecule has 1 aromatic carbocycles. The van der Waals surface area contributed by atoms with Crippen LogP contribution in [0.4, 0.5) is 4.79 Å². The maximum atomic E-state index is 11.8. The molecule has 0 unspecified atom stereocenters. The Kier molecular flexibility index (Phi) is 3.83. The number of para-hydroxylation sites is 1. The van der Waals surface area contributed by atoms with Crippen LogP contribution < -0.4 is 0 Å². The number of piperidine rings is 1. The summed E-state index contributed by atoms with van der Waals surface area (Å²) in [6.45, 7) is 1.69. The molecule has 1 aromatic heterocycles. The summed E-state index contributed by atoms with van der Waals surface area (Å²) in [6.07, 6.45) is 4.46. The van der Waals surface area contributed by atoms with Crippen LogP contribution in [0.2, 0.25) is 0 Å². The normalized spacial score (nSPS) is 15.5. The predicted molar refractivity (Wildman–Crippen MR) is 72.8 cm³/mol. The Balaban J connectivity index is 1.54. The number of amides is 1. The monoisotopic (exact) mass is 275 g/mol. The number of rotatable bonds is 3. The average molecular weight is 275 g/mol. The van der Waals surface area contributed by atoms with Crippen LogP contribution in [0.25, 0.3) is 11.0 Å². The average Bonchev–Trinajstić information content (AvgIpc) is 2.97. The number of benzene rings is 1. The van der Waals surface area contributed by atoms with Crippen molar-refractivity contribution in [2.75, 3.05) is 13.1 Å². The molecule has 2 heterocycles. The molecule has 0 bridgehead atoms. The van der Waals surface area contributed by atoms with Crippen molar-refractivity contribution in [3.8, 4) is 0 Å². The van der Waals surface area contributed by atoms with Gasteiger partial charge in [0, 0.05) is 18.7 Å². The Morgan fingerprint density at radius 1 is 1.30 bits per heavy atom. The number of hydrogen-bond acceptors (Lipinski definition) is 4. The van der Waals surface area contributed by atoms with Gasteiger partial charge in [-0.2, -0.15) is 4.89 Å². The van der Waals surface area contributed by atoms with Crippen molar-refractivity contribution in [1.29, 1.82) is 0 Å². The quantitative estimate of drug-likeness (QED) is 0.690. The lowest BCUT2D eigenvalue weighted by Crippen LogP contribution is -2.36. The molecule has 1 aliphatic rings. The number of fused-ring (bicyclic) bond motifs is 1. The Hall–Kier alpha value is -2.08. The van der Waals surface area contributed by atoms with Gasteiger partial charge in [-0.25, -0.2) is 9.78 Å². The molecule has 1 N–H and O–H groups in total. The van der Waals surface area contributed by atoms with E-state index in [-0.39, 0.29) is 6.61 Å². The fraction of sp³-hybridized carbons (Fsp3) is 0.429. The third kappa shape index (κ3) is 2.75. The molecule has 0 saturated carbocycles. The Morgan fingerprint density at radius 2 is 2.15 bits per heavy atom. The molecule has 1 amide bonds. The summed E-state index contributed by atoms with van der Waals surface area (Å²) in [7, 11) is 0. The summed E-state index contributed by atoms with van der Waals surface area (Å²) in [5.74, 6) is 0.